The number of hydrogen-bond donors (Lipinski definition) is 6. The number of carbonyl (C=O) groups is 2. The fourth-order valence-electron chi connectivity index (χ4n) is 8.06. The Kier molecular flexibility index (Phi) is 12.4. The number of benzene rings is 2. The van der Waals surface area contributed by atoms with Crippen LogP contribution in [0.15, 0.2) is 86.0 Å². The highest BCUT2D eigenvalue weighted by Gasteiger charge is 2.22. The molecule has 68 heavy (non-hydrogen) atoms. The first-order valence-electron chi connectivity index (χ1n) is 21.8. The predicted octanol–water partition coefficient (Wildman–Crippen LogP) is 8.33. The molecule has 20 heteroatoms. The molecule has 0 saturated heterocycles. The summed E-state index contributed by atoms with van der Waals surface area (Å²) in [6.07, 6.45) is 13.4. The summed E-state index contributed by atoms with van der Waals surface area (Å²) in [6, 6.07) is 8.55. The quantitative estimate of drug-likeness (QED) is 0.0850. The van der Waals surface area contributed by atoms with Gasteiger partial charge in [0.2, 0.25) is 11.8 Å². The number of aromatic nitrogens is 8. The molecular weight excluding hydrogens is 875 g/mol. The molecule has 10 rings (SSSR count). The lowest BCUT2D eigenvalue weighted by Crippen LogP contribution is -2.31. The maximum absolute atomic E-state index is 15.0. The van der Waals surface area contributed by atoms with Gasteiger partial charge in [0, 0.05) is 109 Å². The Morgan fingerprint density at radius 1 is 0.588 bits per heavy atom. The third kappa shape index (κ3) is 9.46. The number of rotatable bonds is 8. The van der Waals surface area contributed by atoms with Crippen molar-refractivity contribution in [2.24, 2.45) is 14.1 Å². The molecule has 0 aliphatic carbocycles. The molecule has 8 heterocycles. The van der Waals surface area contributed by atoms with E-state index in [1.54, 1.807) is 58.4 Å². The largest absolute Gasteiger partial charge is 0.474 e. The van der Waals surface area contributed by atoms with E-state index in [-0.39, 0.29) is 23.7 Å². The molecule has 0 spiro atoms. The Morgan fingerprint density at radius 3 is 1.41 bits per heavy atom. The number of nitrogens with zero attached hydrogens (tertiary/aromatic N) is 8. The molecule has 6 N–H and O–H groups in total. The molecule has 18 nitrogen and oxygen atoms in total. The van der Waals surface area contributed by atoms with Crippen molar-refractivity contribution < 1.29 is 27.8 Å². The monoisotopic (exact) mass is 922 g/mol. The van der Waals surface area contributed by atoms with Crippen molar-refractivity contribution in [2.75, 3.05) is 47.6 Å². The first-order chi connectivity index (χ1) is 32.8. The molecule has 8 aromatic rings. The molecule has 348 valence electrons. The van der Waals surface area contributed by atoms with Crippen LogP contribution in [0, 0.1) is 25.5 Å². The molecular formula is C48H48F2N14O4. The second-order valence-electron chi connectivity index (χ2n) is 16.5. The molecule has 2 aliphatic rings. The molecule has 4 amide bonds. The smallest absolute Gasteiger partial charge is 0.320 e. The summed E-state index contributed by atoms with van der Waals surface area (Å²) >= 11 is 0. The predicted molar refractivity (Wildman–Crippen MR) is 255 cm³/mol. The number of nitrogens with one attached hydrogen (secondary N) is 6. The van der Waals surface area contributed by atoms with E-state index in [9.17, 15) is 9.59 Å². The first kappa shape index (κ1) is 44.8. The molecule has 0 radical (unpaired) electrons. The first-order valence-corrected chi connectivity index (χ1v) is 21.8. The maximum atomic E-state index is 15.0. The summed E-state index contributed by atoms with van der Waals surface area (Å²) in [6.45, 7) is 9.98. The standard InChI is InChI=1S/2C24H24FN7O2/c2*1-13-19(11-28-23-22(13)26-4-5-34-23)18-6-15-8-21(27-9-16(15)7-20(18)25)31-24(33)30-14(2)17-10-29-32(3)12-17/h2*6-12,14,26H,4-5H2,1-3H3,(H2,27,30,31,33)/t2*14-/m10/s1. The summed E-state index contributed by atoms with van der Waals surface area (Å²) in [5, 5.41) is 28.7. The van der Waals surface area contributed by atoms with Gasteiger partial charge in [-0.25, -0.2) is 38.3 Å². The van der Waals surface area contributed by atoms with Gasteiger partial charge >= 0.3 is 12.1 Å². The van der Waals surface area contributed by atoms with Crippen molar-refractivity contribution in [1.29, 1.82) is 0 Å². The third-order valence-electron chi connectivity index (χ3n) is 11.7. The molecule has 0 fully saturated rings. The average Bonchev–Trinajstić information content (AvgIpc) is 3.98. The van der Waals surface area contributed by atoms with Gasteiger partial charge in [0.1, 0.15) is 47.9 Å². The summed E-state index contributed by atoms with van der Waals surface area (Å²) in [5.41, 5.74) is 7.23. The van der Waals surface area contributed by atoms with Crippen LogP contribution in [-0.4, -0.2) is 77.9 Å². The molecule has 0 unspecified atom stereocenters. The molecule has 2 aromatic carbocycles. The summed E-state index contributed by atoms with van der Waals surface area (Å²) in [5.74, 6) is 1.01. The van der Waals surface area contributed by atoms with Crippen LogP contribution in [0.5, 0.6) is 11.8 Å². The van der Waals surface area contributed by atoms with Gasteiger partial charge in [-0.05, 0) is 86.0 Å². The normalized spacial score (nSPS) is 13.5. The average molecular weight is 923 g/mol. The van der Waals surface area contributed by atoms with Crippen molar-refractivity contribution in [2.45, 2.75) is 39.8 Å². The second kappa shape index (κ2) is 18.8. The van der Waals surface area contributed by atoms with Gasteiger partial charge in [-0.15, -0.1) is 0 Å². The van der Waals surface area contributed by atoms with Crippen LogP contribution >= 0.6 is 0 Å². The zero-order valence-electron chi connectivity index (χ0n) is 38.0. The van der Waals surface area contributed by atoms with Crippen LogP contribution in [0.25, 0.3) is 43.8 Å². The Hall–Kier alpha value is -8.42. The van der Waals surface area contributed by atoms with E-state index < -0.39 is 12.1 Å². The van der Waals surface area contributed by atoms with E-state index in [1.807, 2.05) is 54.2 Å². The van der Waals surface area contributed by atoms with Crippen LogP contribution in [0.1, 0.15) is 48.2 Å². The zero-order valence-corrected chi connectivity index (χ0v) is 38.0. The maximum Gasteiger partial charge on any atom is 0.320 e. The lowest BCUT2D eigenvalue weighted by atomic mass is 9.98. The minimum absolute atomic E-state index is 0.230. The number of anilines is 4. The lowest BCUT2D eigenvalue weighted by Gasteiger charge is -2.21. The minimum atomic E-state index is -0.397. The van der Waals surface area contributed by atoms with E-state index in [0.717, 1.165) is 44.4 Å². The fraction of sp³-hybridized carbons (Fsp3) is 0.250. The fourth-order valence-corrected chi connectivity index (χ4v) is 8.06. The van der Waals surface area contributed by atoms with Crippen molar-refractivity contribution in [3.63, 3.8) is 0 Å². The Labute approximate surface area is 388 Å². The molecule has 6 aromatic heterocycles. The number of carbonyl (C=O) groups excluding carboxylic acids is 2. The Balaban J connectivity index is 0.000000170. The minimum Gasteiger partial charge on any atom is -0.474 e. The molecule has 2 atom stereocenters. The lowest BCUT2D eigenvalue weighted by molar-refractivity contribution is 0.248. The van der Waals surface area contributed by atoms with Gasteiger partial charge in [0.15, 0.2) is 0 Å². The molecule has 0 bridgehead atoms. The van der Waals surface area contributed by atoms with Crippen LogP contribution in [0.2, 0.25) is 0 Å². The summed E-state index contributed by atoms with van der Waals surface area (Å²) < 4.78 is 44.6. The van der Waals surface area contributed by atoms with E-state index >= 15 is 8.78 Å². The SMILES string of the molecule is Cc1c(-c2cc3cc(NC(=O)N[C@@H](C)c4cnn(C)c4)ncc3cc2F)cnc2c1NCCO2.Cc1c(-c2cc3cc(NC(=O)N[C@H](C)c4cnn(C)c4)ncc3cc2F)cnc2c1NCCO2. The van der Waals surface area contributed by atoms with E-state index in [0.29, 0.717) is 82.7 Å². The van der Waals surface area contributed by atoms with Crippen molar-refractivity contribution in [1.82, 2.24) is 50.1 Å². The number of hydrogen-bond acceptors (Lipinski definition) is 12. The van der Waals surface area contributed by atoms with Gasteiger partial charge in [0.25, 0.3) is 0 Å². The number of ether oxygens (including phenoxy) is 2. The van der Waals surface area contributed by atoms with Crippen LogP contribution in [0.4, 0.5) is 41.4 Å². The summed E-state index contributed by atoms with van der Waals surface area (Å²) in [7, 11) is 3.64. The number of pyridine rings is 4. The van der Waals surface area contributed by atoms with E-state index in [2.05, 4.69) is 62.0 Å². The number of halogens is 2. The highest BCUT2D eigenvalue weighted by Crippen LogP contribution is 2.39. The van der Waals surface area contributed by atoms with Gasteiger partial charge in [0.05, 0.1) is 24.5 Å². The number of aryl methyl sites for hydroxylation is 2. The van der Waals surface area contributed by atoms with Gasteiger partial charge in [-0.1, -0.05) is 0 Å². The van der Waals surface area contributed by atoms with Crippen LogP contribution in [-0.2, 0) is 14.1 Å². The van der Waals surface area contributed by atoms with Crippen LogP contribution < -0.4 is 41.4 Å². The topological polar surface area (TPSA) is 212 Å². The molecule has 2 aliphatic heterocycles. The van der Waals surface area contributed by atoms with Crippen molar-refractivity contribution in [3.05, 3.63) is 120 Å². The van der Waals surface area contributed by atoms with Crippen molar-refractivity contribution >= 4 is 56.6 Å². The molecule has 0 saturated carbocycles. The van der Waals surface area contributed by atoms with Gasteiger partial charge in [-0.3, -0.25) is 20.0 Å². The van der Waals surface area contributed by atoms with Gasteiger partial charge < -0.3 is 30.7 Å². The number of urea groups is 2. The Bertz CT molecular complexity index is 3020. The van der Waals surface area contributed by atoms with Gasteiger partial charge in [-0.2, -0.15) is 10.2 Å². The third-order valence-corrected chi connectivity index (χ3v) is 11.7. The van der Waals surface area contributed by atoms with E-state index in [4.69, 9.17) is 9.47 Å². The second-order valence-corrected chi connectivity index (χ2v) is 16.5. The van der Waals surface area contributed by atoms with Crippen molar-refractivity contribution in [3.8, 4) is 34.0 Å². The number of amides is 4. The summed E-state index contributed by atoms with van der Waals surface area (Å²) in [4.78, 5) is 42.2. The van der Waals surface area contributed by atoms with E-state index in [1.165, 1.54) is 24.5 Å². The number of fused-ring (bicyclic) bond motifs is 4. The highest BCUT2D eigenvalue weighted by atomic mass is 19.1. The zero-order chi connectivity index (χ0) is 47.6. The Morgan fingerprint density at radius 2 is 1.01 bits per heavy atom. The highest BCUT2D eigenvalue weighted by molar-refractivity contribution is 5.95. The van der Waals surface area contributed by atoms with Crippen LogP contribution in [0.3, 0.4) is 0 Å².